The molecule has 0 aliphatic carbocycles. The number of aromatic amines is 1. The zero-order chi connectivity index (χ0) is 21.5. The Labute approximate surface area is 165 Å². The van der Waals surface area contributed by atoms with E-state index in [-0.39, 0.29) is 22.5 Å². The molecule has 0 saturated heterocycles. The van der Waals surface area contributed by atoms with E-state index in [9.17, 15) is 27.6 Å². The number of amides is 2. The summed E-state index contributed by atoms with van der Waals surface area (Å²) in [5.74, 6) is -3.00. The first-order valence-electron chi connectivity index (χ1n) is 8.34. The van der Waals surface area contributed by atoms with Gasteiger partial charge >= 0.3 is 12.3 Å². The summed E-state index contributed by atoms with van der Waals surface area (Å²) in [7, 11) is 0. The summed E-state index contributed by atoms with van der Waals surface area (Å²) in [4.78, 5) is 41.7. The van der Waals surface area contributed by atoms with Crippen molar-refractivity contribution in [1.82, 2.24) is 15.3 Å². The van der Waals surface area contributed by atoms with Gasteiger partial charge in [-0.2, -0.15) is 5.10 Å². The SMILES string of the molecule is O=C(ON1C(=O)c2ccccc2C1=O)c1cc(-c2ccc(OC(F)(F)F)cc2)n[nH]1. The lowest BCUT2D eigenvalue weighted by atomic mass is 10.1. The van der Waals surface area contributed by atoms with Crippen molar-refractivity contribution in [3.8, 4) is 17.0 Å². The van der Waals surface area contributed by atoms with Gasteiger partial charge in [0.25, 0.3) is 11.8 Å². The number of benzene rings is 2. The second kappa shape index (κ2) is 7.03. The molecule has 1 N–H and O–H groups in total. The fourth-order valence-corrected chi connectivity index (χ4v) is 2.78. The van der Waals surface area contributed by atoms with Gasteiger partial charge in [-0.05, 0) is 42.5 Å². The van der Waals surface area contributed by atoms with Crippen molar-refractivity contribution in [2.24, 2.45) is 0 Å². The van der Waals surface area contributed by atoms with Gasteiger partial charge in [-0.25, -0.2) is 4.79 Å². The lowest BCUT2D eigenvalue weighted by Gasteiger charge is -2.11. The smallest absolute Gasteiger partial charge is 0.406 e. The summed E-state index contributed by atoms with van der Waals surface area (Å²) < 4.78 is 40.5. The van der Waals surface area contributed by atoms with Gasteiger partial charge in [0.1, 0.15) is 11.4 Å². The van der Waals surface area contributed by atoms with Crippen LogP contribution in [0.5, 0.6) is 5.75 Å². The molecule has 2 heterocycles. The molecule has 0 fully saturated rings. The average molecular weight is 417 g/mol. The number of carbonyl (C=O) groups is 3. The van der Waals surface area contributed by atoms with Crippen LogP contribution in [0.2, 0.25) is 0 Å². The van der Waals surface area contributed by atoms with Gasteiger partial charge in [0.2, 0.25) is 0 Å². The highest BCUT2D eigenvalue weighted by Gasteiger charge is 2.39. The molecular formula is C19H10F3N3O5. The topological polar surface area (TPSA) is 102 Å². The Morgan fingerprint density at radius 2 is 1.57 bits per heavy atom. The second-order valence-electron chi connectivity index (χ2n) is 6.07. The lowest BCUT2D eigenvalue weighted by Crippen LogP contribution is -2.32. The molecule has 0 saturated carbocycles. The van der Waals surface area contributed by atoms with E-state index in [2.05, 4.69) is 14.9 Å². The van der Waals surface area contributed by atoms with Crippen LogP contribution in [0.4, 0.5) is 13.2 Å². The molecule has 3 aromatic rings. The Kier molecular flexibility index (Phi) is 4.49. The summed E-state index contributed by atoms with van der Waals surface area (Å²) in [6.45, 7) is 0. The molecule has 0 atom stereocenters. The summed E-state index contributed by atoms with van der Waals surface area (Å²) in [6, 6.07) is 12.1. The Bertz CT molecular complexity index is 1120. The van der Waals surface area contributed by atoms with E-state index in [1.54, 1.807) is 12.1 Å². The number of ether oxygens (including phenoxy) is 1. The van der Waals surface area contributed by atoms with E-state index in [0.717, 1.165) is 12.1 Å². The third-order valence-corrected chi connectivity index (χ3v) is 4.11. The number of hydroxylamine groups is 2. The summed E-state index contributed by atoms with van der Waals surface area (Å²) in [6.07, 6.45) is -4.81. The molecule has 1 aliphatic heterocycles. The van der Waals surface area contributed by atoms with Gasteiger partial charge in [-0.3, -0.25) is 14.7 Å². The quantitative estimate of drug-likeness (QED) is 0.654. The predicted molar refractivity (Wildman–Crippen MR) is 93.1 cm³/mol. The van der Waals surface area contributed by atoms with Gasteiger partial charge < -0.3 is 9.57 Å². The van der Waals surface area contributed by atoms with Gasteiger partial charge in [-0.15, -0.1) is 13.2 Å². The number of hydrogen-bond acceptors (Lipinski definition) is 6. The van der Waals surface area contributed by atoms with E-state index in [1.165, 1.54) is 30.3 Å². The molecule has 0 bridgehead atoms. The van der Waals surface area contributed by atoms with E-state index in [0.29, 0.717) is 10.6 Å². The van der Waals surface area contributed by atoms with Gasteiger partial charge in [0.05, 0.1) is 16.8 Å². The third-order valence-electron chi connectivity index (χ3n) is 4.11. The first kappa shape index (κ1) is 19.2. The molecule has 0 radical (unpaired) electrons. The van der Waals surface area contributed by atoms with Crippen molar-refractivity contribution in [2.75, 3.05) is 0 Å². The number of aromatic nitrogens is 2. The van der Waals surface area contributed by atoms with Gasteiger partial charge in [0, 0.05) is 5.56 Å². The maximum Gasteiger partial charge on any atom is 0.573 e. The highest BCUT2D eigenvalue weighted by atomic mass is 19.4. The second-order valence-corrected chi connectivity index (χ2v) is 6.07. The van der Waals surface area contributed by atoms with E-state index >= 15 is 0 Å². The standard InChI is InChI=1S/C19H10F3N3O5/c20-19(21,22)29-11-7-5-10(6-8-11)14-9-15(24-23-14)18(28)30-25-16(26)12-3-1-2-4-13(12)17(25)27/h1-9H,(H,23,24). The van der Waals surface area contributed by atoms with Crippen molar-refractivity contribution >= 4 is 17.8 Å². The van der Waals surface area contributed by atoms with Crippen LogP contribution in [0.3, 0.4) is 0 Å². The van der Waals surface area contributed by atoms with Crippen molar-refractivity contribution in [1.29, 1.82) is 0 Å². The molecule has 1 aromatic heterocycles. The van der Waals surface area contributed by atoms with Crippen molar-refractivity contribution in [2.45, 2.75) is 6.36 Å². The Hall–Kier alpha value is -4.15. The van der Waals surface area contributed by atoms with Crippen LogP contribution >= 0.6 is 0 Å². The van der Waals surface area contributed by atoms with Crippen molar-refractivity contribution in [3.05, 3.63) is 71.4 Å². The van der Waals surface area contributed by atoms with Crippen LogP contribution in [-0.2, 0) is 4.84 Å². The number of imide groups is 1. The fraction of sp³-hybridized carbons (Fsp3) is 0.0526. The van der Waals surface area contributed by atoms with Gasteiger partial charge in [0.15, 0.2) is 0 Å². The predicted octanol–water partition coefficient (Wildman–Crippen LogP) is 3.34. The normalized spacial score (nSPS) is 13.4. The molecule has 0 unspecified atom stereocenters. The molecule has 0 spiro atoms. The maximum absolute atomic E-state index is 12.3. The third kappa shape index (κ3) is 3.60. The zero-order valence-electron chi connectivity index (χ0n) is 14.8. The Balaban J connectivity index is 1.47. The molecule has 2 aromatic carbocycles. The number of carbonyl (C=O) groups excluding carboxylic acids is 3. The molecular weight excluding hydrogens is 407 g/mol. The van der Waals surface area contributed by atoms with Crippen LogP contribution in [-0.4, -0.2) is 39.4 Å². The molecule has 8 nitrogen and oxygen atoms in total. The average Bonchev–Trinajstić information content (AvgIpc) is 3.28. The van der Waals surface area contributed by atoms with E-state index in [1.807, 2.05) is 0 Å². The molecule has 11 heteroatoms. The highest BCUT2D eigenvalue weighted by Crippen LogP contribution is 2.27. The molecule has 1 aliphatic rings. The van der Waals surface area contributed by atoms with Crippen LogP contribution in [0.15, 0.2) is 54.6 Å². The summed E-state index contributed by atoms with van der Waals surface area (Å²) >= 11 is 0. The zero-order valence-corrected chi connectivity index (χ0v) is 14.8. The highest BCUT2D eigenvalue weighted by molar-refractivity contribution is 6.21. The van der Waals surface area contributed by atoms with Crippen molar-refractivity contribution in [3.63, 3.8) is 0 Å². The molecule has 30 heavy (non-hydrogen) atoms. The van der Waals surface area contributed by atoms with E-state index < -0.39 is 29.9 Å². The van der Waals surface area contributed by atoms with Crippen LogP contribution in [0.25, 0.3) is 11.3 Å². The number of nitrogens with zero attached hydrogens (tertiary/aromatic N) is 2. The first-order valence-corrected chi connectivity index (χ1v) is 8.34. The Morgan fingerprint density at radius 3 is 2.13 bits per heavy atom. The number of rotatable bonds is 4. The minimum absolute atomic E-state index is 0.113. The van der Waals surface area contributed by atoms with Crippen LogP contribution in [0, 0.1) is 0 Å². The number of nitrogens with one attached hydrogen (secondary N) is 1. The largest absolute Gasteiger partial charge is 0.573 e. The number of hydrogen-bond donors (Lipinski definition) is 1. The van der Waals surface area contributed by atoms with Crippen molar-refractivity contribution < 1.29 is 37.1 Å². The monoisotopic (exact) mass is 417 g/mol. The van der Waals surface area contributed by atoms with Crippen LogP contribution < -0.4 is 4.74 Å². The maximum atomic E-state index is 12.3. The number of H-pyrrole nitrogens is 1. The minimum Gasteiger partial charge on any atom is -0.406 e. The van der Waals surface area contributed by atoms with E-state index in [4.69, 9.17) is 4.84 Å². The molecule has 4 rings (SSSR count). The number of alkyl halides is 3. The van der Waals surface area contributed by atoms with Crippen LogP contribution in [0.1, 0.15) is 31.2 Å². The fourth-order valence-electron chi connectivity index (χ4n) is 2.78. The number of fused-ring (bicyclic) bond motifs is 1. The van der Waals surface area contributed by atoms with Gasteiger partial charge in [-0.1, -0.05) is 17.2 Å². The Morgan fingerprint density at radius 1 is 0.967 bits per heavy atom. The first-order chi connectivity index (χ1) is 14.2. The number of halogens is 3. The summed E-state index contributed by atoms with van der Waals surface area (Å²) in [5.41, 5.74) is 0.670. The molecule has 152 valence electrons. The summed E-state index contributed by atoms with van der Waals surface area (Å²) in [5, 5.41) is 6.64. The molecule has 2 amide bonds. The minimum atomic E-state index is -4.81. The lowest BCUT2D eigenvalue weighted by molar-refractivity contribution is -0.274.